The van der Waals surface area contributed by atoms with Gasteiger partial charge in [-0.05, 0) is 31.0 Å². The molecule has 1 saturated carbocycles. The van der Waals surface area contributed by atoms with Crippen LogP contribution >= 0.6 is 0 Å². The number of rotatable bonds is 3. The fourth-order valence-electron chi connectivity index (χ4n) is 1.86. The molecule has 0 unspecified atom stereocenters. The SMILES string of the molecule is COC1CC(Nc2ccc(C#N)cc2N)C1. The van der Waals surface area contributed by atoms with Crippen LogP contribution in [-0.2, 0) is 4.74 Å². The highest BCUT2D eigenvalue weighted by Crippen LogP contribution is 2.29. The molecule has 4 heteroatoms. The van der Waals surface area contributed by atoms with Crippen molar-refractivity contribution in [2.45, 2.75) is 25.0 Å². The molecule has 4 nitrogen and oxygen atoms in total. The van der Waals surface area contributed by atoms with Gasteiger partial charge in [0.05, 0.1) is 29.1 Å². The van der Waals surface area contributed by atoms with Crippen LogP contribution in [0.2, 0.25) is 0 Å². The van der Waals surface area contributed by atoms with Crippen LogP contribution in [0.5, 0.6) is 0 Å². The molecule has 0 aliphatic heterocycles. The van der Waals surface area contributed by atoms with Gasteiger partial charge in [-0.1, -0.05) is 0 Å². The van der Waals surface area contributed by atoms with E-state index in [0.717, 1.165) is 18.5 Å². The second kappa shape index (κ2) is 4.42. The topological polar surface area (TPSA) is 71.1 Å². The molecular weight excluding hydrogens is 202 g/mol. The Morgan fingerprint density at radius 2 is 2.25 bits per heavy atom. The number of hydrogen-bond donors (Lipinski definition) is 2. The number of nitrogen functional groups attached to an aromatic ring is 1. The van der Waals surface area contributed by atoms with Crippen molar-refractivity contribution >= 4 is 11.4 Å². The summed E-state index contributed by atoms with van der Waals surface area (Å²) in [5.41, 5.74) is 7.96. The molecule has 1 aliphatic rings. The number of anilines is 2. The molecule has 0 saturated heterocycles. The summed E-state index contributed by atoms with van der Waals surface area (Å²) >= 11 is 0. The van der Waals surface area contributed by atoms with Gasteiger partial charge in [0.2, 0.25) is 0 Å². The third-order valence-electron chi connectivity index (χ3n) is 2.97. The third-order valence-corrected chi connectivity index (χ3v) is 2.97. The average molecular weight is 217 g/mol. The second-order valence-corrected chi connectivity index (χ2v) is 4.08. The monoisotopic (exact) mass is 217 g/mol. The Bertz CT molecular complexity index is 419. The van der Waals surface area contributed by atoms with E-state index in [-0.39, 0.29) is 0 Å². The molecular formula is C12H15N3O. The fourth-order valence-corrected chi connectivity index (χ4v) is 1.86. The maximum Gasteiger partial charge on any atom is 0.0992 e. The zero-order valence-corrected chi connectivity index (χ0v) is 9.23. The molecule has 0 spiro atoms. The minimum Gasteiger partial charge on any atom is -0.397 e. The highest BCUT2D eigenvalue weighted by molar-refractivity contribution is 5.68. The maximum atomic E-state index is 8.72. The van der Waals surface area contributed by atoms with Crippen LogP contribution in [0.4, 0.5) is 11.4 Å². The van der Waals surface area contributed by atoms with Crippen molar-refractivity contribution in [3.8, 4) is 6.07 Å². The van der Waals surface area contributed by atoms with Crippen molar-refractivity contribution < 1.29 is 4.74 Å². The Balaban J connectivity index is 1.98. The molecule has 0 bridgehead atoms. The molecule has 16 heavy (non-hydrogen) atoms. The van der Waals surface area contributed by atoms with Gasteiger partial charge in [0.1, 0.15) is 0 Å². The zero-order valence-electron chi connectivity index (χ0n) is 9.23. The van der Waals surface area contributed by atoms with Crippen LogP contribution in [0.1, 0.15) is 18.4 Å². The average Bonchev–Trinajstić information content (AvgIpc) is 2.24. The molecule has 1 fully saturated rings. The Morgan fingerprint density at radius 3 is 2.81 bits per heavy atom. The van der Waals surface area contributed by atoms with E-state index in [9.17, 15) is 0 Å². The minimum atomic E-state index is 0.372. The molecule has 0 atom stereocenters. The molecule has 3 N–H and O–H groups in total. The zero-order chi connectivity index (χ0) is 11.5. The Morgan fingerprint density at radius 1 is 1.50 bits per heavy atom. The number of ether oxygens (including phenoxy) is 1. The summed E-state index contributed by atoms with van der Waals surface area (Å²) in [5.74, 6) is 0. The Labute approximate surface area is 95.0 Å². The van der Waals surface area contributed by atoms with Crippen molar-refractivity contribution in [3.05, 3.63) is 23.8 Å². The molecule has 0 radical (unpaired) electrons. The lowest BCUT2D eigenvalue weighted by molar-refractivity contribution is 0.0329. The summed E-state index contributed by atoms with van der Waals surface area (Å²) in [7, 11) is 1.73. The van der Waals surface area contributed by atoms with Gasteiger partial charge >= 0.3 is 0 Å². The third kappa shape index (κ3) is 2.10. The Kier molecular flexibility index (Phi) is 2.97. The summed E-state index contributed by atoms with van der Waals surface area (Å²) < 4.78 is 5.21. The molecule has 0 aromatic heterocycles. The van der Waals surface area contributed by atoms with Crippen molar-refractivity contribution in [2.75, 3.05) is 18.2 Å². The van der Waals surface area contributed by atoms with E-state index in [2.05, 4.69) is 11.4 Å². The number of hydrogen-bond acceptors (Lipinski definition) is 4. The predicted octanol–water partition coefficient (Wildman–Crippen LogP) is 1.73. The van der Waals surface area contributed by atoms with Crippen LogP contribution in [0.25, 0.3) is 0 Å². The summed E-state index contributed by atoms with van der Waals surface area (Å²) in [4.78, 5) is 0. The van der Waals surface area contributed by atoms with E-state index >= 15 is 0 Å². The van der Waals surface area contributed by atoms with Crippen molar-refractivity contribution in [1.82, 2.24) is 0 Å². The van der Waals surface area contributed by atoms with Crippen LogP contribution < -0.4 is 11.1 Å². The van der Waals surface area contributed by atoms with Gasteiger partial charge in [-0.15, -0.1) is 0 Å². The van der Waals surface area contributed by atoms with Crippen molar-refractivity contribution in [3.63, 3.8) is 0 Å². The first kappa shape index (κ1) is 10.8. The van der Waals surface area contributed by atoms with Gasteiger partial charge in [-0.25, -0.2) is 0 Å². The van der Waals surface area contributed by atoms with E-state index < -0.39 is 0 Å². The standard InChI is InChI=1S/C12H15N3O/c1-16-10-5-9(6-10)15-12-3-2-8(7-13)4-11(12)14/h2-4,9-10,15H,5-6,14H2,1H3. The molecule has 1 aromatic carbocycles. The highest BCUT2D eigenvalue weighted by atomic mass is 16.5. The predicted molar refractivity (Wildman–Crippen MR) is 63.0 cm³/mol. The molecule has 1 aliphatic carbocycles. The number of benzene rings is 1. The minimum absolute atomic E-state index is 0.372. The lowest BCUT2D eigenvalue weighted by Crippen LogP contribution is -2.40. The molecule has 0 heterocycles. The first-order chi connectivity index (χ1) is 7.72. The van der Waals surface area contributed by atoms with Gasteiger partial charge < -0.3 is 15.8 Å². The van der Waals surface area contributed by atoms with Gasteiger partial charge in [0.15, 0.2) is 0 Å². The largest absolute Gasteiger partial charge is 0.397 e. The van der Waals surface area contributed by atoms with Crippen molar-refractivity contribution in [2.24, 2.45) is 0 Å². The normalized spacial score (nSPS) is 23.2. The summed E-state index contributed by atoms with van der Waals surface area (Å²) in [6.45, 7) is 0. The number of nitriles is 1. The van der Waals surface area contributed by atoms with E-state index in [4.69, 9.17) is 15.7 Å². The van der Waals surface area contributed by atoms with E-state index in [0.29, 0.717) is 23.4 Å². The van der Waals surface area contributed by atoms with E-state index in [1.165, 1.54) is 0 Å². The molecule has 0 amide bonds. The van der Waals surface area contributed by atoms with Crippen LogP contribution in [-0.4, -0.2) is 19.3 Å². The number of nitrogens with one attached hydrogen (secondary N) is 1. The lowest BCUT2D eigenvalue weighted by Gasteiger charge is -2.35. The maximum absolute atomic E-state index is 8.72. The van der Waals surface area contributed by atoms with Gasteiger partial charge in [-0.2, -0.15) is 5.26 Å². The quantitative estimate of drug-likeness (QED) is 0.756. The first-order valence-electron chi connectivity index (χ1n) is 5.32. The van der Waals surface area contributed by atoms with Crippen molar-refractivity contribution in [1.29, 1.82) is 5.26 Å². The van der Waals surface area contributed by atoms with Crippen LogP contribution in [0, 0.1) is 11.3 Å². The van der Waals surface area contributed by atoms with E-state index in [1.807, 2.05) is 6.07 Å². The number of methoxy groups -OCH3 is 1. The summed E-state index contributed by atoms with van der Waals surface area (Å²) in [6, 6.07) is 7.81. The Hall–Kier alpha value is -1.73. The summed E-state index contributed by atoms with van der Waals surface area (Å²) in [6.07, 6.45) is 2.39. The first-order valence-corrected chi connectivity index (χ1v) is 5.32. The molecule has 1 aromatic rings. The second-order valence-electron chi connectivity index (χ2n) is 4.08. The lowest BCUT2D eigenvalue weighted by atomic mass is 9.89. The molecule has 2 rings (SSSR count). The van der Waals surface area contributed by atoms with Crippen LogP contribution in [0.3, 0.4) is 0 Å². The van der Waals surface area contributed by atoms with Gasteiger partial charge in [0, 0.05) is 13.2 Å². The number of nitrogens with two attached hydrogens (primary N) is 1. The van der Waals surface area contributed by atoms with Gasteiger partial charge in [-0.3, -0.25) is 0 Å². The smallest absolute Gasteiger partial charge is 0.0992 e. The van der Waals surface area contributed by atoms with E-state index in [1.54, 1.807) is 19.2 Å². The number of nitrogens with zero attached hydrogens (tertiary/aromatic N) is 1. The fraction of sp³-hybridized carbons (Fsp3) is 0.417. The van der Waals surface area contributed by atoms with Crippen LogP contribution in [0.15, 0.2) is 18.2 Å². The molecule has 84 valence electrons. The van der Waals surface area contributed by atoms with Gasteiger partial charge in [0.25, 0.3) is 0 Å². The highest BCUT2D eigenvalue weighted by Gasteiger charge is 2.28. The summed E-state index contributed by atoms with van der Waals surface area (Å²) in [5, 5.41) is 12.1.